The predicted molar refractivity (Wildman–Crippen MR) is 72.6 cm³/mol. The number of aromatic nitrogens is 1. The van der Waals surface area contributed by atoms with Gasteiger partial charge in [0, 0.05) is 24.4 Å². The lowest BCUT2D eigenvalue weighted by Crippen LogP contribution is -2.13. The maximum absolute atomic E-state index is 12.1. The number of hydrogen-bond donors (Lipinski definition) is 2. The molecule has 0 bridgehead atoms. The summed E-state index contributed by atoms with van der Waals surface area (Å²) in [5.74, 6) is 0.0620. The van der Waals surface area contributed by atoms with E-state index in [0.29, 0.717) is 0 Å². The summed E-state index contributed by atoms with van der Waals surface area (Å²) in [6.07, 6.45) is 1.26. The van der Waals surface area contributed by atoms with Crippen LogP contribution < -0.4 is 10.5 Å². The number of nitrogens with one attached hydrogen (secondary N) is 1. The monoisotopic (exact) mass is 294 g/mol. The Morgan fingerprint density at radius 1 is 1.25 bits per heavy atom. The minimum absolute atomic E-state index is 0.0620. The number of rotatable bonds is 4. The first-order chi connectivity index (χ1) is 9.38. The molecule has 3 N–H and O–H groups in total. The van der Waals surface area contributed by atoms with Crippen LogP contribution in [0.3, 0.4) is 0 Å². The average Bonchev–Trinajstić information content (AvgIpc) is 2.38. The molecule has 9 heteroatoms. The van der Waals surface area contributed by atoms with Gasteiger partial charge in [0.25, 0.3) is 15.7 Å². The van der Waals surface area contributed by atoms with Crippen LogP contribution in [0.1, 0.15) is 0 Å². The number of sulfonamides is 1. The summed E-state index contributed by atoms with van der Waals surface area (Å²) in [6, 6.07) is 7.66. The number of nitrogen functional groups attached to an aromatic ring is 1. The highest BCUT2D eigenvalue weighted by Crippen LogP contribution is 2.21. The zero-order chi connectivity index (χ0) is 14.8. The van der Waals surface area contributed by atoms with Crippen molar-refractivity contribution in [3.8, 4) is 0 Å². The molecule has 8 nitrogen and oxygen atoms in total. The third kappa shape index (κ3) is 3.01. The van der Waals surface area contributed by atoms with Crippen molar-refractivity contribution in [3.05, 3.63) is 52.7 Å². The SMILES string of the molecule is Nc1cc(S(=O)(=O)Nc2cccc([N+](=O)[O-])c2)ccn1. The second-order valence-electron chi connectivity index (χ2n) is 3.83. The molecule has 0 radical (unpaired) electrons. The Morgan fingerprint density at radius 3 is 2.65 bits per heavy atom. The molecular formula is C11H10N4O4S. The molecule has 1 aromatic carbocycles. The second kappa shape index (κ2) is 5.13. The van der Waals surface area contributed by atoms with Gasteiger partial charge in [-0.2, -0.15) is 0 Å². The van der Waals surface area contributed by atoms with Crippen molar-refractivity contribution in [2.75, 3.05) is 10.5 Å². The standard InChI is InChI=1S/C11H10N4O4S/c12-11-7-10(4-5-13-11)20(18,19)14-8-2-1-3-9(6-8)15(16)17/h1-7,14H,(H2,12,13). The molecule has 2 rings (SSSR count). The number of pyridine rings is 1. The van der Waals surface area contributed by atoms with Crippen LogP contribution in [0.15, 0.2) is 47.5 Å². The third-order valence-corrected chi connectivity index (χ3v) is 3.75. The lowest BCUT2D eigenvalue weighted by molar-refractivity contribution is -0.384. The average molecular weight is 294 g/mol. The van der Waals surface area contributed by atoms with Gasteiger partial charge in [-0.15, -0.1) is 0 Å². The van der Waals surface area contributed by atoms with E-state index in [0.717, 1.165) is 6.07 Å². The van der Waals surface area contributed by atoms with Crippen LogP contribution in [0.25, 0.3) is 0 Å². The molecule has 20 heavy (non-hydrogen) atoms. The maximum atomic E-state index is 12.1. The molecule has 0 unspecified atom stereocenters. The zero-order valence-electron chi connectivity index (χ0n) is 10.1. The van der Waals surface area contributed by atoms with Crippen LogP contribution in [0.4, 0.5) is 17.2 Å². The first-order valence-electron chi connectivity index (χ1n) is 5.37. The van der Waals surface area contributed by atoms with Crippen molar-refractivity contribution in [1.82, 2.24) is 4.98 Å². The lowest BCUT2D eigenvalue weighted by Gasteiger charge is -2.08. The van der Waals surface area contributed by atoms with E-state index in [2.05, 4.69) is 9.71 Å². The number of hydrogen-bond acceptors (Lipinski definition) is 6. The smallest absolute Gasteiger partial charge is 0.271 e. The van der Waals surface area contributed by atoms with Crippen LogP contribution in [-0.4, -0.2) is 18.3 Å². The van der Waals surface area contributed by atoms with Crippen molar-refractivity contribution >= 4 is 27.2 Å². The van der Waals surface area contributed by atoms with Crippen molar-refractivity contribution in [1.29, 1.82) is 0 Å². The van der Waals surface area contributed by atoms with Crippen LogP contribution in [0.2, 0.25) is 0 Å². The molecule has 0 fully saturated rings. The van der Waals surface area contributed by atoms with Gasteiger partial charge >= 0.3 is 0 Å². The lowest BCUT2D eigenvalue weighted by atomic mass is 10.3. The van der Waals surface area contributed by atoms with E-state index in [1.54, 1.807) is 0 Å². The Balaban J connectivity index is 2.33. The van der Waals surface area contributed by atoms with Crippen LogP contribution in [0, 0.1) is 10.1 Å². The molecule has 0 saturated carbocycles. The van der Waals surface area contributed by atoms with E-state index in [1.165, 1.54) is 36.5 Å². The first-order valence-corrected chi connectivity index (χ1v) is 6.85. The maximum Gasteiger partial charge on any atom is 0.271 e. The van der Waals surface area contributed by atoms with Gasteiger partial charge in [-0.1, -0.05) is 6.07 Å². The summed E-state index contributed by atoms with van der Waals surface area (Å²) in [4.78, 5) is 13.6. The van der Waals surface area contributed by atoms with Gasteiger partial charge in [-0.05, 0) is 12.1 Å². The quantitative estimate of drug-likeness (QED) is 0.647. The van der Waals surface area contributed by atoms with Gasteiger partial charge in [0.2, 0.25) is 0 Å². The van der Waals surface area contributed by atoms with Gasteiger partial charge in [0.1, 0.15) is 5.82 Å². The summed E-state index contributed by atoms with van der Waals surface area (Å²) in [6.45, 7) is 0. The summed E-state index contributed by atoms with van der Waals surface area (Å²) in [5, 5.41) is 10.6. The molecule has 0 aliphatic carbocycles. The zero-order valence-corrected chi connectivity index (χ0v) is 10.9. The molecule has 0 amide bonds. The number of nitrogens with two attached hydrogens (primary N) is 1. The molecule has 0 saturated heterocycles. The summed E-state index contributed by atoms with van der Waals surface area (Å²) >= 11 is 0. The third-order valence-electron chi connectivity index (χ3n) is 2.37. The fraction of sp³-hybridized carbons (Fsp3) is 0. The molecule has 0 spiro atoms. The van der Waals surface area contributed by atoms with E-state index in [4.69, 9.17) is 5.73 Å². The first kappa shape index (κ1) is 13.7. The Morgan fingerprint density at radius 2 is 2.00 bits per heavy atom. The number of non-ortho nitro benzene ring substituents is 1. The fourth-order valence-electron chi connectivity index (χ4n) is 1.49. The number of benzene rings is 1. The molecule has 0 aliphatic rings. The molecule has 2 aromatic rings. The van der Waals surface area contributed by atoms with Gasteiger partial charge in [0.05, 0.1) is 15.5 Å². The van der Waals surface area contributed by atoms with Crippen LogP contribution in [-0.2, 0) is 10.0 Å². The van der Waals surface area contributed by atoms with E-state index in [9.17, 15) is 18.5 Å². The fourth-order valence-corrected chi connectivity index (χ4v) is 2.56. The molecule has 1 heterocycles. The predicted octanol–water partition coefficient (Wildman–Crippen LogP) is 1.37. The highest BCUT2D eigenvalue weighted by Gasteiger charge is 2.16. The molecule has 104 valence electrons. The Bertz CT molecular complexity index is 761. The second-order valence-corrected chi connectivity index (χ2v) is 5.51. The van der Waals surface area contributed by atoms with Crippen LogP contribution in [0.5, 0.6) is 0 Å². The van der Waals surface area contributed by atoms with Crippen molar-refractivity contribution in [2.24, 2.45) is 0 Å². The van der Waals surface area contributed by atoms with Gasteiger partial charge in [0.15, 0.2) is 0 Å². The molecule has 0 atom stereocenters. The van der Waals surface area contributed by atoms with Gasteiger partial charge < -0.3 is 5.73 Å². The molecule has 1 aromatic heterocycles. The number of nitro groups is 1. The van der Waals surface area contributed by atoms with E-state index >= 15 is 0 Å². The normalized spacial score (nSPS) is 11.0. The molecule has 0 aliphatic heterocycles. The highest BCUT2D eigenvalue weighted by atomic mass is 32.2. The minimum atomic E-state index is -3.87. The van der Waals surface area contributed by atoms with Crippen LogP contribution >= 0.6 is 0 Å². The van der Waals surface area contributed by atoms with Crippen molar-refractivity contribution in [2.45, 2.75) is 4.90 Å². The largest absolute Gasteiger partial charge is 0.384 e. The number of anilines is 2. The summed E-state index contributed by atoms with van der Waals surface area (Å²) in [5.41, 5.74) is 5.30. The Kier molecular flexibility index (Phi) is 3.53. The number of nitrogens with zero attached hydrogens (tertiary/aromatic N) is 2. The number of nitro benzene ring substituents is 1. The summed E-state index contributed by atoms with van der Waals surface area (Å²) in [7, 11) is -3.87. The van der Waals surface area contributed by atoms with Gasteiger partial charge in [-0.3, -0.25) is 14.8 Å². The van der Waals surface area contributed by atoms with Crippen molar-refractivity contribution in [3.63, 3.8) is 0 Å². The highest BCUT2D eigenvalue weighted by molar-refractivity contribution is 7.92. The van der Waals surface area contributed by atoms with E-state index in [-0.39, 0.29) is 22.1 Å². The Labute approximate surface area is 114 Å². The van der Waals surface area contributed by atoms with E-state index in [1.807, 2.05) is 0 Å². The topological polar surface area (TPSA) is 128 Å². The minimum Gasteiger partial charge on any atom is -0.384 e. The molecular weight excluding hydrogens is 284 g/mol. The van der Waals surface area contributed by atoms with Crippen molar-refractivity contribution < 1.29 is 13.3 Å². The Hall–Kier alpha value is -2.68. The van der Waals surface area contributed by atoms with E-state index < -0.39 is 14.9 Å². The van der Waals surface area contributed by atoms with Gasteiger partial charge in [-0.25, -0.2) is 13.4 Å². The summed E-state index contributed by atoms with van der Waals surface area (Å²) < 4.78 is 26.4.